The molecule has 1 rings (SSSR count). The van der Waals surface area contributed by atoms with Crippen molar-refractivity contribution in [2.75, 3.05) is 13.1 Å². The molecule has 0 saturated heterocycles. The van der Waals surface area contributed by atoms with Gasteiger partial charge in [0.1, 0.15) is 0 Å². The molecule has 3 unspecified atom stereocenters. The van der Waals surface area contributed by atoms with Crippen molar-refractivity contribution in [2.45, 2.75) is 72.4 Å². The van der Waals surface area contributed by atoms with E-state index in [4.69, 9.17) is 4.99 Å². The number of aliphatic imine (C=N–C) groups is 1. The van der Waals surface area contributed by atoms with Crippen LogP contribution in [0.5, 0.6) is 0 Å². The van der Waals surface area contributed by atoms with Crippen molar-refractivity contribution in [3.8, 4) is 0 Å². The van der Waals surface area contributed by atoms with Gasteiger partial charge in [-0.3, -0.25) is 4.99 Å². The zero-order valence-electron chi connectivity index (χ0n) is 13.9. The Hall–Kier alpha value is -0.770. The Morgan fingerprint density at radius 1 is 1.35 bits per heavy atom. The first-order valence-electron chi connectivity index (χ1n) is 8.12. The quantitative estimate of drug-likeness (QED) is 0.537. The molecule has 0 heterocycles. The Morgan fingerprint density at radius 2 is 2.05 bits per heavy atom. The minimum Gasteiger partial charge on any atom is -0.392 e. The molecule has 1 fully saturated rings. The standard InChI is InChI=1S/C16H33N3O/c1-6-17-15(19-13(4)12(2)3)18-11-16(5)10-8-7-9-14(16)20/h12-14,20H,6-11H2,1-5H3,(H2,17,18,19). The second kappa shape index (κ2) is 7.87. The molecule has 3 N–H and O–H groups in total. The second-order valence-electron chi connectivity index (χ2n) is 6.79. The maximum absolute atomic E-state index is 10.2. The number of nitrogens with zero attached hydrogens (tertiary/aromatic N) is 1. The normalized spacial score (nSPS) is 29.4. The first-order chi connectivity index (χ1) is 9.39. The number of rotatable bonds is 5. The number of hydrogen-bond acceptors (Lipinski definition) is 2. The summed E-state index contributed by atoms with van der Waals surface area (Å²) in [6.07, 6.45) is 4.11. The lowest BCUT2D eigenvalue weighted by Crippen LogP contribution is -2.45. The SMILES string of the molecule is CCNC(=NCC1(C)CCCCC1O)NC(C)C(C)C. The Bertz CT molecular complexity index is 317. The van der Waals surface area contributed by atoms with Crippen molar-refractivity contribution in [3.05, 3.63) is 0 Å². The van der Waals surface area contributed by atoms with Gasteiger partial charge in [-0.2, -0.15) is 0 Å². The lowest BCUT2D eigenvalue weighted by Gasteiger charge is -2.37. The molecule has 0 aromatic heterocycles. The third-order valence-electron chi connectivity index (χ3n) is 4.59. The van der Waals surface area contributed by atoms with E-state index < -0.39 is 0 Å². The summed E-state index contributed by atoms with van der Waals surface area (Å²) >= 11 is 0. The van der Waals surface area contributed by atoms with E-state index in [9.17, 15) is 5.11 Å². The van der Waals surface area contributed by atoms with Crippen LogP contribution in [0.1, 0.15) is 60.3 Å². The number of hydrogen-bond donors (Lipinski definition) is 3. The first-order valence-corrected chi connectivity index (χ1v) is 8.12. The Labute approximate surface area is 124 Å². The second-order valence-corrected chi connectivity index (χ2v) is 6.79. The van der Waals surface area contributed by atoms with Crippen molar-refractivity contribution in [1.82, 2.24) is 10.6 Å². The molecule has 20 heavy (non-hydrogen) atoms. The van der Waals surface area contributed by atoms with Crippen LogP contribution in [0, 0.1) is 11.3 Å². The molecular formula is C16H33N3O. The molecule has 1 aliphatic carbocycles. The molecule has 3 atom stereocenters. The van der Waals surface area contributed by atoms with Gasteiger partial charge in [-0.05, 0) is 32.6 Å². The third-order valence-corrected chi connectivity index (χ3v) is 4.59. The van der Waals surface area contributed by atoms with Gasteiger partial charge in [-0.1, -0.05) is 33.6 Å². The summed E-state index contributed by atoms with van der Waals surface area (Å²) in [5.74, 6) is 1.43. The molecule has 0 radical (unpaired) electrons. The number of aliphatic hydroxyl groups is 1. The van der Waals surface area contributed by atoms with Gasteiger partial charge in [0.15, 0.2) is 5.96 Å². The maximum atomic E-state index is 10.2. The summed E-state index contributed by atoms with van der Waals surface area (Å²) < 4.78 is 0. The summed E-state index contributed by atoms with van der Waals surface area (Å²) in [6.45, 7) is 12.4. The Kier molecular flexibility index (Phi) is 6.80. The molecule has 4 nitrogen and oxygen atoms in total. The van der Waals surface area contributed by atoms with Crippen LogP contribution in [0.25, 0.3) is 0 Å². The number of guanidine groups is 1. The van der Waals surface area contributed by atoms with Crippen molar-refractivity contribution in [1.29, 1.82) is 0 Å². The van der Waals surface area contributed by atoms with Crippen LogP contribution in [-0.4, -0.2) is 36.3 Å². The number of nitrogens with one attached hydrogen (secondary N) is 2. The molecule has 0 aromatic rings. The summed E-state index contributed by atoms with van der Waals surface area (Å²) in [7, 11) is 0. The molecule has 0 aromatic carbocycles. The van der Waals surface area contributed by atoms with Crippen molar-refractivity contribution < 1.29 is 5.11 Å². The maximum Gasteiger partial charge on any atom is 0.191 e. The Balaban J connectivity index is 2.65. The summed E-state index contributed by atoms with van der Waals surface area (Å²) in [5, 5.41) is 17.0. The van der Waals surface area contributed by atoms with Crippen LogP contribution < -0.4 is 10.6 Å². The van der Waals surface area contributed by atoms with Crippen molar-refractivity contribution in [2.24, 2.45) is 16.3 Å². The van der Waals surface area contributed by atoms with Crippen molar-refractivity contribution >= 4 is 5.96 Å². The van der Waals surface area contributed by atoms with Crippen molar-refractivity contribution in [3.63, 3.8) is 0 Å². The van der Waals surface area contributed by atoms with Gasteiger partial charge in [0, 0.05) is 18.0 Å². The van der Waals surface area contributed by atoms with Gasteiger partial charge in [-0.15, -0.1) is 0 Å². The van der Waals surface area contributed by atoms with Gasteiger partial charge in [0.05, 0.1) is 12.6 Å². The van der Waals surface area contributed by atoms with Gasteiger partial charge >= 0.3 is 0 Å². The van der Waals surface area contributed by atoms with Crippen LogP contribution >= 0.6 is 0 Å². The van der Waals surface area contributed by atoms with Gasteiger partial charge in [0.25, 0.3) is 0 Å². The minimum atomic E-state index is -0.217. The van der Waals surface area contributed by atoms with E-state index in [-0.39, 0.29) is 11.5 Å². The number of aliphatic hydroxyl groups excluding tert-OH is 1. The molecule has 118 valence electrons. The van der Waals surface area contributed by atoms with E-state index in [1.54, 1.807) is 0 Å². The zero-order valence-corrected chi connectivity index (χ0v) is 13.9. The van der Waals surface area contributed by atoms with Crippen LogP contribution in [-0.2, 0) is 0 Å². The van der Waals surface area contributed by atoms with Gasteiger partial charge in [-0.25, -0.2) is 0 Å². The monoisotopic (exact) mass is 283 g/mol. The van der Waals surface area contributed by atoms with Crippen LogP contribution in [0.3, 0.4) is 0 Å². The van der Waals surface area contributed by atoms with E-state index in [0.717, 1.165) is 31.8 Å². The van der Waals surface area contributed by atoms with E-state index in [1.807, 2.05) is 0 Å². The van der Waals surface area contributed by atoms with Gasteiger partial charge in [0.2, 0.25) is 0 Å². The average Bonchev–Trinajstić information content (AvgIpc) is 2.40. The van der Waals surface area contributed by atoms with Crippen LogP contribution in [0.15, 0.2) is 4.99 Å². The first kappa shape index (κ1) is 17.3. The fourth-order valence-corrected chi connectivity index (χ4v) is 2.53. The van der Waals surface area contributed by atoms with Crippen LogP contribution in [0.2, 0.25) is 0 Å². The molecule has 1 saturated carbocycles. The average molecular weight is 283 g/mol. The Morgan fingerprint density at radius 3 is 2.60 bits per heavy atom. The summed E-state index contributed by atoms with van der Waals surface area (Å²) in [4.78, 5) is 4.72. The lowest BCUT2D eigenvalue weighted by atomic mass is 9.73. The predicted molar refractivity (Wildman–Crippen MR) is 86.0 cm³/mol. The highest BCUT2D eigenvalue weighted by Gasteiger charge is 2.35. The molecule has 4 heteroatoms. The van der Waals surface area contributed by atoms with E-state index in [0.29, 0.717) is 18.5 Å². The fourth-order valence-electron chi connectivity index (χ4n) is 2.53. The molecule has 0 spiro atoms. The summed E-state index contributed by atoms with van der Waals surface area (Å²) in [5.41, 5.74) is -0.0678. The van der Waals surface area contributed by atoms with Crippen LogP contribution in [0.4, 0.5) is 0 Å². The highest BCUT2D eigenvalue weighted by atomic mass is 16.3. The summed E-state index contributed by atoms with van der Waals surface area (Å²) in [6, 6.07) is 0.386. The molecular weight excluding hydrogens is 250 g/mol. The molecule has 1 aliphatic rings. The lowest BCUT2D eigenvalue weighted by molar-refractivity contribution is 0.00715. The predicted octanol–water partition coefficient (Wildman–Crippen LogP) is 2.53. The third kappa shape index (κ3) is 4.97. The molecule has 0 bridgehead atoms. The largest absolute Gasteiger partial charge is 0.392 e. The topological polar surface area (TPSA) is 56.7 Å². The fraction of sp³-hybridized carbons (Fsp3) is 0.938. The van der Waals surface area contributed by atoms with E-state index in [2.05, 4.69) is 45.3 Å². The van der Waals surface area contributed by atoms with E-state index >= 15 is 0 Å². The minimum absolute atomic E-state index is 0.0678. The molecule has 0 amide bonds. The molecule has 0 aliphatic heterocycles. The van der Waals surface area contributed by atoms with Gasteiger partial charge < -0.3 is 15.7 Å². The highest BCUT2D eigenvalue weighted by Crippen LogP contribution is 2.36. The highest BCUT2D eigenvalue weighted by molar-refractivity contribution is 5.80. The van der Waals surface area contributed by atoms with E-state index in [1.165, 1.54) is 6.42 Å². The zero-order chi connectivity index (χ0) is 15.2. The smallest absolute Gasteiger partial charge is 0.191 e.